The minimum absolute atomic E-state index is 0.0875. The van der Waals surface area contributed by atoms with Gasteiger partial charge in [-0.15, -0.1) is 0 Å². The fourth-order valence-corrected chi connectivity index (χ4v) is 1.73. The standard InChI is InChI=1S/C8H15NO6/c10-3-4-7(14)8(15)5(11)1-9(4)2-6(12)13/h4-5,7-8,10-11,14-15H,1-3H2,(H,12,13)/t4-,5?,7-,8-/m1/s1. The van der Waals surface area contributed by atoms with Crippen LogP contribution in [0.15, 0.2) is 0 Å². The summed E-state index contributed by atoms with van der Waals surface area (Å²) in [5, 5.41) is 45.6. The molecule has 1 unspecified atom stereocenters. The predicted octanol–water partition coefficient (Wildman–Crippen LogP) is -3.17. The Morgan fingerprint density at radius 3 is 2.33 bits per heavy atom. The van der Waals surface area contributed by atoms with E-state index in [1.54, 1.807) is 0 Å². The molecule has 0 bridgehead atoms. The average molecular weight is 221 g/mol. The maximum absolute atomic E-state index is 10.5. The van der Waals surface area contributed by atoms with Crippen molar-refractivity contribution in [3.63, 3.8) is 0 Å². The van der Waals surface area contributed by atoms with E-state index >= 15 is 0 Å². The highest BCUT2D eigenvalue weighted by molar-refractivity contribution is 5.69. The Bertz CT molecular complexity index is 235. The van der Waals surface area contributed by atoms with Crippen molar-refractivity contribution in [1.82, 2.24) is 4.90 Å². The summed E-state index contributed by atoms with van der Waals surface area (Å²) in [7, 11) is 0. The van der Waals surface area contributed by atoms with Crippen LogP contribution in [-0.2, 0) is 4.79 Å². The van der Waals surface area contributed by atoms with E-state index in [0.717, 1.165) is 0 Å². The number of piperidine rings is 1. The van der Waals surface area contributed by atoms with Gasteiger partial charge < -0.3 is 25.5 Å². The highest BCUT2D eigenvalue weighted by atomic mass is 16.4. The minimum Gasteiger partial charge on any atom is -0.480 e. The van der Waals surface area contributed by atoms with E-state index in [0.29, 0.717) is 0 Å². The summed E-state index contributed by atoms with van der Waals surface area (Å²) in [5.74, 6) is -1.12. The van der Waals surface area contributed by atoms with Gasteiger partial charge in [0.15, 0.2) is 0 Å². The van der Waals surface area contributed by atoms with Gasteiger partial charge in [0.05, 0.1) is 25.3 Å². The van der Waals surface area contributed by atoms with Crippen LogP contribution < -0.4 is 0 Å². The molecule has 0 saturated carbocycles. The fourth-order valence-electron chi connectivity index (χ4n) is 1.73. The Morgan fingerprint density at radius 1 is 1.27 bits per heavy atom. The zero-order chi connectivity index (χ0) is 11.6. The van der Waals surface area contributed by atoms with E-state index in [9.17, 15) is 20.1 Å². The maximum atomic E-state index is 10.5. The number of β-amino-alcohol motifs (C(OH)–C–C–N with tert-alkyl or cyclic N) is 1. The molecule has 1 saturated heterocycles. The molecule has 0 aliphatic carbocycles. The Balaban J connectivity index is 2.73. The molecule has 0 spiro atoms. The molecule has 1 rings (SSSR count). The molecule has 4 atom stereocenters. The number of hydrogen-bond donors (Lipinski definition) is 5. The number of aliphatic hydroxyl groups excluding tert-OH is 4. The minimum atomic E-state index is -1.35. The molecule has 15 heavy (non-hydrogen) atoms. The van der Waals surface area contributed by atoms with Crippen LogP contribution in [0.3, 0.4) is 0 Å². The third-order valence-corrected chi connectivity index (χ3v) is 2.55. The SMILES string of the molecule is O=C(O)CN1CC(O)[C@@H](O)[C@H](O)[C@H]1CO. The van der Waals surface area contributed by atoms with Crippen LogP contribution in [0, 0.1) is 0 Å². The molecule has 0 aromatic carbocycles. The van der Waals surface area contributed by atoms with Gasteiger partial charge in [-0.2, -0.15) is 0 Å². The van der Waals surface area contributed by atoms with Crippen LogP contribution in [0.2, 0.25) is 0 Å². The van der Waals surface area contributed by atoms with Gasteiger partial charge in [0.25, 0.3) is 0 Å². The lowest BCUT2D eigenvalue weighted by atomic mass is 9.94. The summed E-state index contributed by atoms with van der Waals surface area (Å²) in [4.78, 5) is 11.7. The van der Waals surface area contributed by atoms with Crippen LogP contribution in [-0.4, -0.2) is 80.5 Å². The van der Waals surface area contributed by atoms with Gasteiger partial charge in [0.2, 0.25) is 0 Å². The summed E-state index contributed by atoms with van der Waals surface area (Å²) in [5.41, 5.74) is 0. The van der Waals surface area contributed by atoms with E-state index in [1.807, 2.05) is 0 Å². The largest absolute Gasteiger partial charge is 0.480 e. The van der Waals surface area contributed by atoms with Crippen LogP contribution in [0.25, 0.3) is 0 Å². The molecule has 0 aromatic heterocycles. The van der Waals surface area contributed by atoms with Crippen molar-refractivity contribution in [2.45, 2.75) is 24.4 Å². The lowest BCUT2D eigenvalue weighted by Gasteiger charge is -2.42. The number of rotatable bonds is 3. The fraction of sp³-hybridized carbons (Fsp3) is 0.875. The lowest BCUT2D eigenvalue weighted by molar-refractivity contribution is -0.158. The first kappa shape index (κ1) is 12.3. The summed E-state index contributed by atoms with van der Waals surface area (Å²) < 4.78 is 0. The number of nitrogens with zero attached hydrogens (tertiary/aromatic N) is 1. The Kier molecular flexibility index (Phi) is 4.00. The number of carboxylic acid groups (broad SMARTS) is 1. The van der Waals surface area contributed by atoms with Crippen molar-refractivity contribution in [1.29, 1.82) is 0 Å². The van der Waals surface area contributed by atoms with Gasteiger partial charge >= 0.3 is 5.97 Å². The molecule has 5 N–H and O–H groups in total. The Morgan fingerprint density at radius 2 is 1.87 bits per heavy atom. The maximum Gasteiger partial charge on any atom is 0.317 e. The first-order valence-corrected chi connectivity index (χ1v) is 4.58. The van der Waals surface area contributed by atoms with E-state index < -0.39 is 43.5 Å². The number of carboxylic acids is 1. The second kappa shape index (κ2) is 4.86. The molecular formula is C8H15NO6. The molecular weight excluding hydrogens is 206 g/mol. The molecule has 1 heterocycles. The molecule has 1 aliphatic rings. The third kappa shape index (κ3) is 2.64. The zero-order valence-electron chi connectivity index (χ0n) is 8.02. The van der Waals surface area contributed by atoms with Gasteiger partial charge in [-0.25, -0.2) is 0 Å². The average Bonchev–Trinajstić information content (AvgIpc) is 2.14. The number of likely N-dealkylation sites (tertiary alicyclic amines) is 1. The lowest BCUT2D eigenvalue weighted by Crippen LogP contribution is -2.63. The van der Waals surface area contributed by atoms with Crippen LogP contribution >= 0.6 is 0 Å². The predicted molar refractivity (Wildman–Crippen MR) is 48.1 cm³/mol. The monoisotopic (exact) mass is 221 g/mol. The molecule has 0 aromatic rings. The van der Waals surface area contributed by atoms with Crippen molar-refractivity contribution in [2.75, 3.05) is 19.7 Å². The van der Waals surface area contributed by atoms with Gasteiger partial charge in [0.1, 0.15) is 12.2 Å². The van der Waals surface area contributed by atoms with Gasteiger partial charge in [-0.05, 0) is 0 Å². The Labute approximate surface area is 86.2 Å². The molecule has 0 radical (unpaired) electrons. The summed E-state index contributed by atoms with van der Waals surface area (Å²) in [6, 6.07) is -0.862. The third-order valence-electron chi connectivity index (χ3n) is 2.55. The van der Waals surface area contributed by atoms with Crippen molar-refractivity contribution in [3.05, 3.63) is 0 Å². The smallest absolute Gasteiger partial charge is 0.317 e. The van der Waals surface area contributed by atoms with Gasteiger partial charge in [-0.1, -0.05) is 0 Å². The molecule has 1 aliphatic heterocycles. The van der Waals surface area contributed by atoms with Crippen molar-refractivity contribution >= 4 is 5.97 Å². The number of aliphatic hydroxyl groups is 4. The topological polar surface area (TPSA) is 121 Å². The van der Waals surface area contributed by atoms with E-state index in [1.165, 1.54) is 4.90 Å². The quantitative estimate of drug-likeness (QED) is 0.341. The van der Waals surface area contributed by atoms with Crippen molar-refractivity contribution < 1.29 is 30.3 Å². The van der Waals surface area contributed by atoms with Crippen molar-refractivity contribution in [3.8, 4) is 0 Å². The van der Waals surface area contributed by atoms with Crippen LogP contribution in [0.5, 0.6) is 0 Å². The zero-order valence-corrected chi connectivity index (χ0v) is 8.02. The summed E-state index contributed by atoms with van der Waals surface area (Å²) >= 11 is 0. The molecule has 7 nitrogen and oxygen atoms in total. The second-order valence-corrected chi connectivity index (χ2v) is 3.62. The number of carbonyl (C=O) groups is 1. The van der Waals surface area contributed by atoms with E-state index in [2.05, 4.69) is 0 Å². The van der Waals surface area contributed by atoms with E-state index in [-0.39, 0.29) is 6.54 Å². The molecule has 1 fully saturated rings. The first-order chi connectivity index (χ1) is 6.97. The van der Waals surface area contributed by atoms with Crippen LogP contribution in [0.1, 0.15) is 0 Å². The highest BCUT2D eigenvalue weighted by Crippen LogP contribution is 2.18. The first-order valence-electron chi connectivity index (χ1n) is 4.58. The van der Waals surface area contributed by atoms with Crippen molar-refractivity contribution in [2.24, 2.45) is 0 Å². The molecule has 7 heteroatoms. The number of aliphatic carboxylic acids is 1. The Hall–Kier alpha value is -0.730. The second-order valence-electron chi connectivity index (χ2n) is 3.62. The summed E-state index contributed by atoms with van der Waals surface area (Å²) in [6.45, 7) is -0.958. The molecule has 88 valence electrons. The number of hydrogen-bond acceptors (Lipinski definition) is 6. The normalized spacial score (nSPS) is 37.9. The van der Waals surface area contributed by atoms with E-state index in [4.69, 9.17) is 10.2 Å². The molecule has 0 amide bonds. The van der Waals surface area contributed by atoms with Gasteiger partial charge in [0, 0.05) is 6.54 Å². The highest BCUT2D eigenvalue weighted by Gasteiger charge is 2.41. The van der Waals surface area contributed by atoms with Crippen LogP contribution in [0.4, 0.5) is 0 Å². The summed E-state index contributed by atoms with van der Waals surface area (Å²) in [6.07, 6.45) is -3.91. The van der Waals surface area contributed by atoms with Gasteiger partial charge in [-0.3, -0.25) is 9.69 Å².